The van der Waals surface area contributed by atoms with Gasteiger partial charge < -0.3 is 14.5 Å². The van der Waals surface area contributed by atoms with E-state index in [0.29, 0.717) is 37.1 Å². The number of cyclic esters (lactones) is 1. The molecule has 2 aromatic rings. The molecular formula is C28H35ClN4O3. The van der Waals surface area contributed by atoms with E-state index in [1.54, 1.807) is 4.90 Å². The summed E-state index contributed by atoms with van der Waals surface area (Å²) in [6.07, 6.45) is 6.90. The first-order valence-electron chi connectivity index (χ1n) is 13.1. The molecule has 1 aromatic heterocycles. The lowest BCUT2D eigenvalue weighted by molar-refractivity contribution is 0.0746. The highest BCUT2D eigenvalue weighted by molar-refractivity contribution is 5.96. The van der Waals surface area contributed by atoms with Crippen molar-refractivity contribution >= 4 is 35.9 Å². The van der Waals surface area contributed by atoms with Crippen LogP contribution in [-0.4, -0.2) is 60.7 Å². The summed E-state index contributed by atoms with van der Waals surface area (Å²) in [7, 11) is 0. The average molecular weight is 511 g/mol. The number of ether oxygens (including phenoxy) is 1. The van der Waals surface area contributed by atoms with Gasteiger partial charge in [-0.1, -0.05) is 19.9 Å². The molecule has 0 radical (unpaired) electrons. The number of pyridine rings is 1. The highest BCUT2D eigenvalue weighted by Gasteiger charge is 2.36. The van der Waals surface area contributed by atoms with Gasteiger partial charge in [-0.05, 0) is 78.8 Å². The molecule has 2 aliphatic heterocycles. The first-order chi connectivity index (χ1) is 17.0. The van der Waals surface area contributed by atoms with Crippen molar-refractivity contribution in [3.63, 3.8) is 0 Å². The maximum atomic E-state index is 13.2. The van der Waals surface area contributed by atoms with Crippen LogP contribution in [0.5, 0.6) is 0 Å². The molecule has 36 heavy (non-hydrogen) atoms. The first-order valence-corrected chi connectivity index (χ1v) is 13.1. The number of hydrogen-bond acceptors (Lipinski definition) is 5. The maximum Gasteiger partial charge on any atom is 0.414 e. The molecule has 192 valence electrons. The van der Waals surface area contributed by atoms with E-state index in [4.69, 9.17) is 9.72 Å². The number of carbonyl (C=O) groups is 2. The van der Waals surface area contributed by atoms with Gasteiger partial charge in [-0.3, -0.25) is 9.69 Å². The van der Waals surface area contributed by atoms with Crippen LogP contribution in [0.3, 0.4) is 0 Å². The summed E-state index contributed by atoms with van der Waals surface area (Å²) >= 11 is 0. The van der Waals surface area contributed by atoms with E-state index in [9.17, 15) is 9.59 Å². The first kappa shape index (κ1) is 24.9. The topological polar surface area (TPSA) is 66.0 Å². The van der Waals surface area contributed by atoms with Crippen LogP contribution in [0.15, 0.2) is 36.5 Å². The zero-order valence-corrected chi connectivity index (χ0v) is 21.9. The Morgan fingerprint density at radius 2 is 1.67 bits per heavy atom. The van der Waals surface area contributed by atoms with Crippen LogP contribution in [0, 0.1) is 5.92 Å². The van der Waals surface area contributed by atoms with Crippen LogP contribution < -0.4 is 9.80 Å². The van der Waals surface area contributed by atoms with E-state index in [1.807, 2.05) is 29.2 Å². The molecule has 0 spiro atoms. The third-order valence-corrected chi connectivity index (χ3v) is 7.92. The number of hydrogen-bond donors (Lipinski definition) is 0. The molecule has 4 aliphatic rings. The molecule has 0 N–H and O–H groups in total. The summed E-state index contributed by atoms with van der Waals surface area (Å²) in [5.74, 6) is 2.85. The fourth-order valence-corrected chi connectivity index (χ4v) is 5.38. The van der Waals surface area contributed by atoms with Crippen LogP contribution in [0.1, 0.15) is 72.9 Å². The van der Waals surface area contributed by atoms with E-state index >= 15 is 0 Å². The van der Waals surface area contributed by atoms with Crippen molar-refractivity contribution in [1.82, 2.24) is 9.88 Å². The predicted molar refractivity (Wildman–Crippen MR) is 142 cm³/mol. The number of nitrogens with zero attached hydrogens (tertiary/aromatic N) is 4. The smallest absolute Gasteiger partial charge is 0.414 e. The second-order valence-electron chi connectivity index (χ2n) is 10.8. The second kappa shape index (κ2) is 9.92. The van der Waals surface area contributed by atoms with Gasteiger partial charge in [0.05, 0.1) is 6.04 Å². The zero-order chi connectivity index (χ0) is 24.1. The van der Waals surface area contributed by atoms with Crippen molar-refractivity contribution in [2.45, 2.75) is 57.4 Å². The Labute approximate surface area is 219 Å². The molecule has 2 saturated carbocycles. The quantitative estimate of drug-likeness (QED) is 0.534. The van der Waals surface area contributed by atoms with Gasteiger partial charge in [-0.2, -0.15) is 0 Å². The number of benzene rings is 1. The van der Waals surface area contributed by atoms with Gasteiger partial charge in [0.1, 0.15) is 12.4 Å². The fraction of sp³-hybridized carbons (Fsp3) is 0.536. The molecule has 7 nitrogen and oxygen atoms in total. The number of amides is 2. The number of rotatable bonds is 6. The minimum atomic E-state index is -0.316. The second-order valence-corrected chi connectivity index (χ2v) is 10.8. The Morgan fingerprint density at radius 1 is 1.00 bits per heavy atom. The lowest BCUT2D eigenvalue weighted by atomic mass is 10.0. The molecule has 2 saturated heterocycles. The standard InChI is InChI=1S/C28H34N4O3.ClH/c1-18(2)25-17-35-28(34)32(25)23-9-7-21(8-10-23)27(33)31-13-11-30(12-14-31)26-24(20-5-6-20)15-22(16-29-26)19-3-4-19;/h7-10,15-16,18-20,25H,3-6,11-14,17H2,1-2H3;1H. The Balaban J connectivity index is 0.00000267. The van der Waals surface area contributed by atoms with Gasteiger partial charge in [0.25, 0.3) is 5.91 Å². The van der Waals surface area contributed by atoms with Gasteiger partial charge in [-0.25, -0.2) is 9.78 Å². The van der Waals surface area contributed by atoms with Crippen molar-refractivity contribution in [3.05, 3.63) is 53.2 Å². The third kappa shape index (κ3) is 4.77. The molecule has 1 unspecified atom stereocenters. The van der Waals surface area contributed by atoms with Crippen molar-refractivity contribution in [2.24, 2.45) is 5.92 Å². The Hall–Kier alpha value is -2.80. The summed E-state index contributed by atoms with van der Waals surface area (Å²) in [4.78, 5) is 36.4. The normalized spacial score (nSPS) is 22.0. The number of anilines is 2. The summed E-state index contributed by atoms with van der Waals surface area (Å²) in [6, 6.07) is 9.81. The van der Waals surface area contributed by atoms with Crippen molar-refractivity contribution in [1.29, 1.82) is 0 Å². The minimum Gasteiger partial charge on any atom is -0.447 e. The molecule has 1 atom stereocenters. The highest BCUT2D eigenvalue weighted by atomic mass is 35.5. The van der Waals surface area contributed by atoms with Crippen LogP contribution in [0.4, 0.5) is 16.3 Å². The summed E-state index contributed by atoms with van der Waals surface area (Å²) in [5, 5.41) is 0. The molecule has 4 fully saturated rings. The predicted octanol–water partition coefficient (Wildman–Crippen LogP) is 5.20. The van der Waals surface area contributed by atoms with Gasteiger partial charge in [-0.15, -0.1) is 12.4 Å². The lowest BCUT2D eigenvalue weighted by Crippen LogP contribution is -2.49. The van der Waals surface area contributed by atoms with Crippen LogP contribution in [0.25, 0.3) is 0 Å². The Kier molecular flexibility index (Phi) is 6.86. The Morgan fingerprint density at radius 3 is 2.28 bits per heavy atom. The average Bonchev–Trinajstić information content (AvgIpc) is 3.81. The Bertz CT molecular complexity index is 1120. The SMILES string of the molecule is CC(C)C1COC(=O)N1c1ccc(C(=O)N2CCN(c3ncc(C4CC4)cc3C3CC3)CC2)cc1.Cl. The molecule has 0 bridgehead atoms. The van der Waals surface area contributed by atoms with E-state index < -0.39 is 0 Å². The van der Waals surface area contributed by atoms with Gasteiger partial charge in [0.15, 0.2) is 0 Å². The van der Waals surface area contributed by atoms with E-state index in [1.165, 1.54) is 36.8 Å². The fourth-order valence-electron chi connectivity index (χ4n) is 5.38. The van der Waals surface area contributed by atoms with E-state index in [2.05, 4.69) is 31.0 Å². The number of aromatic nitrogens is 1. The summed E-state index contributed by atoms with van der Waals surface area (Å²) in [6.45, 7) is 7.55. The summed E-state index contributed by atoms with van der Waals surface area (Å²) in [5.41, 5.74) is 4.27. The van der Waals surface area contributed by atoms with Gasteiger partial charge in [0.2, 0.25) is 0 Å². The lowest BCUT2D eigenvalue weighted by Gasteiger charge is -2.36. The monoisotopic (exact) mass is 510 g/mol. The van der Waals surface area contributed by atoms with Crippen LogP contribution in [-0.2, 0) is 4.74 Å². The minimum absolute atomic E-state index is 0. The molecule has 3 heterocycles. The summed E-state index contributed by atoms with van der Waals surface area (Å²) < 4.78 is 5.26. The van der Waals surface area contributed by atoms with E-state index in [0.717, 1.165) is 30.5 Å². The molecular weight excluding hydrogens is 476 g/mol. The van der Waals surface area contributed by atoms with E-state index in [-0.39, 0.29) is 30.4 Å². The number of piperazine rings is 1. The van der Waals surface area contributed by atoms with Gasteiger partial charge in [0, 0.05) is 43.6 Å². The maximum absolute atomic E-state index is 13.2. The third-order valence-electron chi connectivity index (χ3n) is 7.92. The van der Waals surface area contributed by atoms with Crippen molar-refractivity contribution < 1.29 is 14.3 Å². The van der Waals surface area contributed by atoms with Crippen molar-refractivity contribution in [2.75, 3.05) is 42.6 Å². The van der Waals surface area contributed by atoms with Crippen LogP contribution >= 0.6 is 12.4 Å². The number of halogens is 1. The molecule has 2 amide bonds. The number of carbonyl (C=O) groups excluding carboxylic acids is 2. The molecule has 1 aromatic carbocycles. The largest absolute Gasteiger partial charge is 0.447 e. The van der Waals surface area contributed by atoms with Gasteiger partial charge >= 0.3 is 6.09 Å². The molecule has 6 rings (SSSR count). The molecule has 2 aliphatic carbocycles. The van der Waals surface area contributed by atoms with Crippen LogP contribution in [0.2, 0.25) is 0 Å². The zero-order valence-electron chi connectivity index (χ0n) is 21.1. The van der Waals surface area contributed by atoms with Crippen molar-refractivity contribution in [3.8, 4) is 0 Å². The molecule has 8 heteroatoms. The highest BCUT2D eigenvalue weighted by Crippen LogP contribution is 2.47.